The van der Waals surface area contributed by atoms with E-state index in [2.05, 4.69) is 15.2 Å². The molecule has 3 aliphatic rings. The predicted molar refractivity (Wildman–Crippen MR) is 69.7 cm³/mol. The lowest BCUT2D eigenvalue weighted by Gasteiger charge is -2.20. The Kier molecular flexibility index (Phi) is 2.60. The lowest BCUT2D eigenvalue weighted by atomic mass is 10.3. The van der Waals surface area contributed by atoms with Gasteiger partial charge in [-0.3, -0.25) is 9.89 Å². The number of nitrogens with zero attached hydrogens (tertiary/aromatic N) is 3. The summed E-state index contributed by atoms with van der Waals surface area (Å²) >= 11 is 0. The summed E-state index contributed by atoms with van der Waals surface area (Å²) in [5.74, 6) is 3.29. The van der Waals surface area contributed by atoms with Gasteiger partial charge in [-0.1, -0.05) is 0 Å². The van der Waals surface area contributed by atoms with Crippen LogP contribution in [0.3, 0.4) is 0 Å². The van der Waals surface area contributed by atoms with E-state index in [0.717, 1.165) is 30.7 Å². The van der Waals surface area contributed by atoms with Crippen molar-refractivity contribution in [1.29, 1.82) is 0 Å². The second kappa shape index (κ2) is 4.32. The molecule has 0 atom stereocenters. The normalized spacial score (nSPS) is 22.5. The average molecular weight is 260 g/mol. The van der Waals surface area contributed by atoms with Gasteiger partial charge in [-0.25, -0.2) is 4.98 Å². The molecule has 5 heteroatoms. The number of amides is 1. The van der Waals surface area contributed by atoms with Crippen molar-refractivity contribution in [3.63, 3.8) is 0 Å². The van der Waals surface area contributed by atoms with Crippen LogP contribution in [-0.2, 0) is 0 Å². The van der Waals surface area contributed by atoms with Gasteiger partial charge in [0, 0.05) is 19.0 Å². The highest BCUT2D eigenvalue weighted by Gasteiger charge is 2.34. The highest BCUT2D eigenvalue weighted by atomic mass is 16.2. The molecule has 1 aromatic heterocycles. The number of carbonyl (C=O) groups is 1. The Morgan fingerprint density at radius 2 is 1.74 bits per heavy atom. The molecule has 3 aliphatic carbocycles. The minimum absolute atomic E-state index is 0.0296. The van der Waals surface area contributed by atoms with Gasteiger partial charge in [0.2, 0.25) is 5.82 Å². The van der Waals surface area contributed by atoms with Gasteiger partial charge < -0.3 is 4.90 Å². The lowest BCUT2D eigenvalue weighted by Crippen LogP contribution is -2.35. The first-order valence-corrected chi connectivity index (χ1v) is 7.51. The molecule has 1 amide bonds. The summed E-state index contributed by atoms with van der Waals surface area (Å²) in [6, 6.07) is 0. The van der Waals surface area contributed by atoms with Crippen LogP contribution in [0.2, 0.25) is 0 Å². The van der Waals surface area contributed by atoms with E-state index in [1.165, 1.54) is 38.5 Å². The maximum atomic E-state index is 12.5. The molecule has 0 radical (unpaired) electrons. The molecule has 19 heavy (non-hydrogen) atoms. The number of nitrogens with one attached hydrogen (secondary N) is 1. The molecule has 0 aromatic carbocycles. The first kappa shape index (κ1) is 11.4. The van der Waals surface area contributed by atoms with Gasteiger partial charge in [0.05, 0.1) is 0 Å². The van der Waals surface area contributed by atoms with E-state index >= 15 is 0 Å². The summed E-state index contributed by atoms with van der Waals surface area (Å²) in [7, 11) is 0. The summed E-state index contributed by atoms with van der Waals surface area (Å²) in [4.78, 5) is 18.9. The second-order valence-corrected chi connectivity index (χ2v) is 6.42. The second-order valence-electron chi connectivity index (χ2n) is 6.42. The zero-order valence-corrected chi connectivity index (χ0v) is 11.1. The number of rotatable bonds is 6. The summed E-state index contributed by atoms with van der Waals surface area (Å²) in [6.07, 6.45) is 7.45. The van der Waals surface area contributed by atoms with Crippen molar-refractivity contribution in [2.24, 2.45) is 11.8 Å². The van der Waals surface area contributed by atoms with E-state index in [9.17, 15) is 4.79 Å². The number of H-pyrrole nitrogens is 1. The fourth-order valence-corrected chi connectivity index (χ4v) is 2.52. The third-order valence-electron chi connectivity index (χ3n) is 4.30. The Morgan fingerprint density at radius 1 is 1.11 bits per heavy atom. The molecule has 0 unspecified atom stereocenters. The monoisotopic (exact) mass is 260 g/mol. The van der Waals surface area contributed by atoms with Gasteiger partial charge in [0.25, 0.3) is 5.91 Å². The van der Waals surface area contributed by atoms with Crippen molar-refractivity contribution in [1.82, 2.24) is 20.1 Å². The number of hydrogen-bond acceptors (Lipinski definition) is 3. The number of aromatic amines is 1. The van der Waals surface area contributed by atoms with Crippen molar-refractivity contribution in [3.8, 4) is 0 Å². The van der Waals surface area contributed by atoms with Crippen molar-refractivity contribution in [2.75, 3.05) is 13.1 Å². The average Bonchev–Trinajstić information content (AvgIpc) is 3.24. The van der Waals surface area contributed by atoms with E-state index in [1.54, 1.807) is 0 Å². The standard InChI is InChI=1S/C14H20N4O/c19-14(13-15-12(16-17-13)11-5-6-11)18(7-9-1-2-9)8-10-3-4-10/h9-11H,1-8H2,(H,15,16,17). The predicted octanol–water partition coefficient (Wildman–Crippen LogP) is 1.94. The van der Waals surface area contributed by atoms with Gasteiger partial charge in [-0.2, -0.15) is 0 Å². The van der Waals surface area contributed by atoms with Crippen LogP contribution in [0, 0.1) is 11.8 Å². The Morgan fingerprint density at radius 3 is 2.26 bits per heavy atom. The Labute approximate surface area is 112 Å². The molecule has 3 saturated carbocycles. The van der Waals surface area contributed by atoms with Crippen LogP contribution < -0.4 is 0 Å². The van der Waals surface area contributed by atoms with E-state index in [1.807, 2.05) is 4.90 Å². The SMILES string of the molecule is O=C(c1n[nH]c(C2CC2)n1)N(CC1CC1)CC1CC1. The lowest BCUT2D eigenvalue weighted by molar-refractivity contribution is 0.0727. The minimum atomic E-state index is 0.0296. The summed E-state index contributed by atoms with van der Waals surface area (Å²) in [5, 5.41) is 7.06. The topological polar surface area (TPSA) is 61.9 Å². The molecule has 1 N–H and O–H groups in total. The van der Waals surface area contributed by atoms with Crippen LogP contribution in [0.5, 0.6) is 0 Å². The molecule has 0 spiro atoms. The molecule has 102 valence electrons. The first-order valence-electron chi connectivity index (χ1n) is 7.51. The Balaban J connectivity index is 1.47. The fraction of sp³-hybridized carbons (Fsp3) is 0.786. The number of carbonyl (C=O) groups excluding carboxylic acids is 1. The highest BCUT2D eigenvalue weighted by molar-refractivity contribution is 5.90. The molecule has 4 rings (SSSR count). The number of hydrogen-bond donors (Lipinski definition) is 1. The summed E-state index contributed by atoms with van der Waals surface area (Å²) < 4.78 is 0. The van der Waals surface area contributed by atoms with Gasteiger partial charge >= 0.3 is 0 Å². The quantitative estimate of drug-likeness (QED) is 0.850. The van der Waals surface area contributed by atoms with Gasteiger partial charge in [0.15, 0.2) is 0 Å². The Bertz CT molecular complexity index is 471. The van der Waals surface area contributed by atoms with Crippen LogP contribution in [0.4, 0.5) is 0 Å². The maximum Gasteiger partial charge on any atom is 0.293 e. The minimum Gasteiger partial charge on any atom is -0.335 e. The van der Waals surface area contributed by atoms with Crippen LogP contribution in [0.15, 0.2) is 0 Å². The number of aromatic nitrogens is 3. The van der Waals surface area contributed by atoms with E-state index in [0.29, 0.717) is 11.7 Å². The zero-order chi connectivity index (χ0) is 12.8. The molecule has 0 saturated heterocycles. The van der Waals surface area contributed by atoms with Crippen molar-refractivity contribution in [2.45, 2.75) is 44.4 Å². The highest BCUT2D eigenvalue weighted by Crippen LogP contribution is 2.38. The molecular weight excluding hydrogens is 240 g/mol. The van der Waals surface area contributed by atoms with E-state index in [-0.39, 0.29) is 5.91 Å². The van der Waals surface area contributed by atoms with Crippen LogP contribution >= 0.6 is 0 Å². The van der Waals surface area contributed by atoms with Gasteiger partial charge in [-0.05, 0) is 50.4 Å². The van der Waals surface area contributed by atoms with Gasteiger partial charge in [-0.15, -0.1) is 5.10 Å². The molecule has 1 heterocycles. The zero-order valence-electron chi connectivity index (χ0n) is 11.1. The van der Waals surface area contributed by atoms with Crippen LogP contribution in [0.25, 0.3) is 0 Å². The van der Waals surface area contributed by atoms with Crippen LogP contribution in [0.1, 0.15) is 60.9 Å². The van der Waals surface area contributed by atoms with Crippen LogP contribution in [-0.4, -0.2) is 39.1 Å². The van der Waals surface area contributed by atoms with E-state index < -0.39 is 0 Å². The molecule has 5 nitrogen and oxygen atoms in total. The largest absolute Gasteiger partial charge is 0.335 e. The third kappa shape index (κ3) is 2.65. The van der Waals surface area contributed by atoms with E-state index in [4.69, 9.17) is 0 Å². The Hall–Kier alpha value is -1.39. The summed E-state index contributed by atoms with van der Waals surface area (Å²) in [5.41, 5.74) is 0. The van der Waals surface area contributed by atoms with Crippen molar-refractivity contribution in [3.05, 3.63) is 11.6 Å². The maximum absolute atomic E-state index is 12.5. The molecule has 3 fully saturated rings. The molecular formula is C14H20N4O. The third-order valence-corrected chi connectivity index (χ3v) is 4.30. The molecule has 0 bridgehead atoms. The smallest absolute Gasteiger partial charge is 0.293 e. The molecule has 0 aliphatic heterocycles. The molecule has 1 aromatic rings. The fourth-order valence-electron chi connectivity index (χ4n) is 2.52. The van der Waals surface area contributed by atoms with Crippen molar-refractivity contribution < 1.29 is 4.79 Å². The first-order chi connectivity index (χ1) is 9.29. The summed E-state index contributed by atoms with van der Waals surface area (Å²) in [6.45, 7) is 1.81. The van der Waals surface area contributed by atoms with Crippen molar-refractivity contribution >= 4 is 5.91 Å². The van der Waals surface area contributed by atoms with Gasteiger partial charge in [0.1, 0.15) is 5.82 Å².